The third kappa shape index (κ3) is 4.74. The van der Waals surface area contributed by atoms with Crippen LogP contribution >= 0.6 is 11.6 Å². The van der Waals surface area contributed by atoms with Gasteiger partial charge >= 0.3 is 12.0 Å². The molecule has 6 heteroatoms. The van der Waals surface area contributed by atoms with Crippen LogP contribution in [0.1, 0.15) is 13.8 Å². The average molecular weight is 299 g/mol. The Morgan fingerprint density at radius 3 is 2.70 bits per heavy atom. The first-order valence-electron chi connectivity index (χ1n) is 6.37. The molecule has 1 aromatic carbocycles. The van der Waals surface area contributed by atoms with E-state index in [0.29, 0.717) is 23.8 Å². The Labute approximate surface area is 123 Å². The van der Waals surface area contributed by atoms with E-state index in [0.717, 1.165) is 0 Å². The molecule has 1 rings (SSSR count). The normalized spacial score (nSPS) is 11.6. The van der Waals surface area contributed by atoms with Gasteiger partial charge in [0.25, 0.3) is 0 Å². The lowest BCUT2D eigenvalue weighted by Crippen LogP contribution is -2.39. The molecule has 0 bridgehead atoms. The highest BCUT2D eigenvalue weighted by molar-refractivity contribution is 6.30. The maximum atomic E-state index is 12.1. The molecule has 1 unspecified atom stereocenters. The van der Waals surface area contributed by atoms with E-state index in [9.17, 15) is 9.59 Å². The molecule has 1 atom stereocenters. The van der Waals surface area contributed by atoms with Crippen LogP contribution in [0.5, 0.6) is 0 Å². The Kier molecular flexibility index (Phi) is 6.31. The second-order valence-electron chi connectivity index (χ2n) is 4.40. The number of esters is 1. The number of nitrogens with zero attached hydrogens (tertiary/aromatic N) is 1. The number of anilines is 1. The third-order valence-corrected chi connectivity index (χ3v) is 3.08. The fraction of sp³-hybridized carbons (Fsp3) is 0.429. The zero-order valence-electron chi connectivity index (χ0n) is 11.9. The van der Waals surface area contributed by atoms with Crippen LogP contribution in [-0.2, 0) is 9.53 Å². The first-order chi connectivity index (χ1) is 9.47. The van der Waals surface area contributed by atoms with E-state index in [1.165, 1.54) is 7.11 Å². The molecular weight excluding hydrogens is 280 g/mol. The van der Waals surface area contributed by atoms with Crippen LogP contribution in [0.15, 0.2) is 24.3 Å². The van der Waals surface area contributed by atoms with E-state index in [4.69, 9.17) is 11.6 Å². The highest BCUT2D eigenvalue weighted by atomic mass is 35.5. The lowest BCUT2D eigenvalue weighted by molar-refractivity contribution is -0.145. The maximum absolute atomic E-state index is 12.1. The minimum absolute atomic E-state index is 0.273. The van der Waals surface area contributed by atoms with Crippen molar-refractivity contribution < 1.29 is 14.3 Å². The second kappa shape index (κ2) is 7.75. The van der Waals surface area contributed by atoms with Gasteiger partial charge in [-0.1, -0.05) is 24.6 Å². The molecule has 0 aliphatic carbocycles. The molecule has 0 radical (unpaired) electrons. The summed E-state index contributed by atoms with van der Waals surface area (Å²) in [5.74, 6) is -0.705. The lowest BCUT2D eigenvalue weighted by atomic mass is 10.2. The van der Waals surface area contributed by atoms with E-state index in [1.54, 1.807) is 36.1 Å². The minimum Gasteiger partial charge on any atom is -0.469 e. The van der Waals surface area contributed by atoms with E-state index < -0.39 is 0 Å². The minimum atomic E-state index is -0.370. The Bertz CT molecular complexity index is 479. The Balaban J connectivity index is 2.65. The fourth-order valence-corrected chi connectivity index (χ4v) is 1.92. The number of amides is 2. The van der Waals surface area contributed by atoms with E-state index >= 15 is 0 Å². The summed E-state index contributed by atoms with van der Waals surface area (Å²) in [4.78, 5) is 25.1. The van der Waals surface area contributed by atoms with Crippen molar-refractivity contribution in [1.82, 2.24) is 4.90 Å². The standard InChI is InChI=1S/C14H19ClN2O3/c1-4-17(9-10(2)13(18)20-3)14(19)16-12-7-5-6-11(15)8-12/h5-8,10H,4,9H2,1-3H3,(H,16,19). The van der Waals surface area contributed by atoms with Gasteiger partial charge in [-0.15, -0.1) is 0 Å². The summed E-state index contributed by atoms with van der Waals surface area (Å²) in [6.45, 7) is 4.37. The van der Waals surface area contributed by atoms with Gasteiger partial charge in [-0.05, 0) is 25.1 Å². The first-order valence-corrected chi connectivity index (χ1v) is 6.75. The predicted molar refractivity (Wildman–Crippen MR) is 78.9 cm³/mol. The number of hydrogen-bond acceptors (Lipinski definition) is 3. The molecule has 0 saturated heterocycles. The summed E-state index contributed by atoms with van der Waals surface area (Å²) in [5, 5.41) is 3.30. The SMILES string of the molecule is CCN(CC(C)C(=O)OC)C(=O)Nc1cccc(Cl)c1. The van der Waals surface area contributed by atoms with Crippen molar-refractivity contribution in [3.8, 4) is 0 Å². The molecule has 20 heavy (non-hydrogen) atoms. The van der Waals surface area contributed by atoms with Crippen LogP contribution in [0.2, 0.25) is 5.02 Å². The molecule has 0 spiro atoms. The van der Waals surface area contributed by atoms with Crippen LogP contribution in [0.25, 0.3) is 0 Å². The number of rotatable bonds is 5. The lowest BCUT2D eigenvalue weighted by Gasteiger charge is -2.23. The summed E-state index contributed by atoms with van der Waals surface area (Å²) in [6.07, 6.45) is 0. The predicted octanol–water partition coefficient (Wildman–Crippen LogP) is 3.00. The van der Waals surface area contributed by atoms with E-state index in [1.807, 2.05) is 6.92 Å². The zero-order valence-corrected chi connectivity index (χ0v) is 12.6. The fourth-order valence-electron chi connectivity index (χ4n) is 1.73. The van der Waals surface area contributed by atoms with Crippen molar-refractivity contribution in [1.29, 1.82) is 0 Å². The molecule has 0 aliphatic rings. The summed E-state index contributed by atoms with van der Waals surface area (Å²) < 4.78 is 4.66. The number of hydrogen-bond donors (Lipinski definition) is 1. The number of carbonyl (C=O) groups is 2. The highest BCUT2D eigenvalue weighted by Crippen LogP contribution is 2.15. The van der Waals surface area contributed by atoms with Gasteiger partial charge in [0, 0.05) is 23.8 Å². The highest BCUT2D eigenvalue weighted by Gasteiger charge is 2.20. The second-order valence-corrected chi connectivity index (χ2v) is 4.84. The molecule has 0 fully saturated rings. The van der Waals surface area contributed by atoms with Crippen molar-refractivity contribution in [2.45, 2.75) is 13.8 Å². The molecule has 2 amide bonds. The average Bonchev–Trinajstić information content (AvgIpc) is 2.43. The topological polar surface area (TPSA) is 58.6 Å². The van der Waals surface area contributed by atoms with Gasteiger partial charge in [-0.25, -0.2) is 4.79 Å². The van der Waals surface area contributed by atoms with Gasteiger partial charge in [0.2, 0.25) is 0 Å². The number of methoxy groups -OCH3 is 1. The quantitative estimate of drug-likeness (QED) is 0.850. The summed E-state index contributed by atoms with van der Waals surface area (Å²) in [5.41, 5.74) is 0.617. The zero-order chi connectivity index (χ0) is 15.1. The molecular formula is C14H19ClN2O3. The molecule has 0 heterocycles. The van der Waals surface area contributed by atoms with Crippen LogP contribution < -0.4 is 5.32 Å². The molecule has 5 nitrogen and oxygen atoms in total. The van der Waals surface area contributed by atoms with Gasteiger partial charge < -0.3 is 15.0 Å². The van der Waals surface area contributed by atoms with Gasteiger partial charge in [-0.3, -0.25) is 4.79 Å². The number of urea groups is 1. The van der Waals surface area contributed by atoms with E-state index in [-0.39, 0.29) is 17.9 Å². The van der Waals surface area contributed by atoms with Crippen molar-refractivity contribution >= 4 is 29.3 Å². The van der Waals surface area contributed by atoms with Crippen LogP contribution in [0.4, 0.5) is 10.5 Å². The van der Waals surface area contributed by atoms with Crippen molar-refractivity contribution in [3.63, 3.8) is 0 Å². The molecule has 110 valence electrons. The summed E-state index contributed by atoms with van der Waals surface area (Å²) >= 11 is 5.86. The van der Waals surface area contributed by atoms with Crippen LogP contribution in [0, 0.1) is 5.92 Å². The number of ether oxygens (including phenoxy) is 1. The molecule has 0 saturated carbocycles. The number of nitrogens with one attached hydrogen (secondary N) is 1. The van der Waals surface area contributed by atoms with Gasteiger partial charge in [0.1, 0.15) is 0 Å². The van der Waals surface area contributed by atoms with Gasteiger partial charge in [0.15, 0.2) is 0 Å². The van der Waals surface area contributed by atoms with E-state index in [2.05, 4.69) is 10.1 Å². The van der Waals surface area contributed by atoms with Crippen molar-refractivity contribution in [3.05, 3.63) is 29.3 Å². The molecule has 1 aromatic rings. The number of benzene rings is 1. The maximum Gasteiger partial charge on any atom is 0.321 e. The Hall–Kier alpha value is -1.75. The summed E-state index contributed by atoms with van der Waals surface area (Å²) in [7, 11) is 1.33. The van der Waals surface area contributed by atoms with Gasteiger partial charge in [0.05, 0.1) is 13.0 Å². The van der Waals surface area contributed by atoms with Crippen LogP contribution in [0.3, 0.4) is 0 Å². The first kappa shape index (κ1) is 16.3. The van der Waals surface area contributed by atoms with Crippen molar-refractivity contribution in [2.75, 3.05) is 25.5 Å². The largest absolute Gasteiger partial charge is 0.469 e. The summed E-state index contributed by atoms with van der Waals surface area (Å²) in [6, 6.07) is 6.63. The molecule has 0 aromatic heterocycles. The number of carbonyl (C=O) groups excluding carboxylic acids is 2. The Morgan fingerprint density at radius 2 is 2.15 bits per heavy atom. The monoisotopic (exact) mass is 298 g/mol. The van der Waals surface area contributed by atoms with Gasteiger partial charge in [-0.2, -0.15) is 0 Å². The third-order valence-electron chi connectivity index (χ3n) is 2.84. The van der Waals surface area contributed by atoms with Crippen molar-refractivity contribution in [2.24, 2.45) is 5.92 Å². The smallest absolute Gasteiger partial charge is 0.321 e. The Morgan fingerprint density at radius 1 is 1.45 bits per heavy atom. The molecule has 1 N–H and O–H groups in total. The number of halogens is 1. The van der Waals surface area contributed by atoms with Crippen LogP contribution in [-0.4, -0.2) is 37.1 Å². The molecule has 0 aliphatic heterocycles.